The molecule has 2 aromatic rings. The zero-order valence-corrected chi connectivity index (χ0v) is 16.0. The normalized spacial score (nSPS) is 19.6. The lowest BCUT2D eigenvalue weighted by Gasteiger charge is -2.17. The Labute approximate surface area is 156 Å². The molecule has 0 spiro atoms. The minimum absolute atomic E-state index is 0.572. The van der Waals surface area contributed by atoms with Crippen LogP contribution in [0.25, 0.3) is 0 Å². The first-order chi connectivity index (χ1) is 12.7. The smallest absolute Gasteiger partial charge is 0.191 e. The van der Waals surface area contributed by atoms with Crippen molar-refractivity contribution in [1.29, 1.82) is 0 Å². The predicted molar refractivity (Wildman–Crippen MR) is 106 cm³/mol. The molecule has 0 radical (unpaired) electrons. The van der Waals surface area contributed by atoms with Gasteiger partial charge in [0.1, 0.15) is 5.76 Å². The first-order valence-corrected chi connectivity index (χ1v) is 9.48. The summed E-state index contributed by atoms with van der Waals surface area (Å²) in [4.78, 5) is 7.06. The van der Waals surface area contributed by atoms with Crippen LogP contribution in [0, 0.1) is 5.92 Å². The van der Waals surface area contributed by atoms with Crippen molar-refractivity contribution in [1.82, 2.24) is 15.5 Å². The molecule has 1 aliphatic rings. The minimum Gasteiger partial charge on any atom is -0.468 e. The van der Waals surface area contributed by atoms with E-state index >= 15 is 0 Å². The van der Waals surface area contributed by atoms with Crippen molar-refractivity contribution in [3.8, 4) is 0 Å². The minimum atomic E-state index is 0.572. The van der Waals surface area contributed by atoms with Gasteiger partial charge in [0.25, 0.3) is 0 Å². The van der Waals surface area contributed by atoms with E-state index in [2.05, 4.69) is 60.7 Å². The third-order valence-electron chi connectivity index (χ3n) is 4.75. The summed E-state index contributed by atoms with van der Waals surface area (Å²) in [5.74, 6) is 2.65. The molecule has 0 bridgehead atoms. The van der Waals surface area contributed by atoms with E-state index in [1.165, 1.54) is 17.5 Å². The third-order valence-corrected chi connectivity index (χ3v) is 4.75. The quantitative estimate of drug-likeness (QED) is 0.564. The molecule has 140 valence electrons. The summed E-state index contributed by atoms with van der Waals surface area (Å²) in [6, 6.07) is 13.1. The van der Waals surface area contributed by atoms with Crippen LogP contribution in [0.5, 0.6) is 0 Å². The van der Waals surface area contributed by atoms with Crippen molar-refractivity contribution in [3.05, 3.63) is 59.5 Å². The number of guanidine groups is 1. The number of rotatable bonds is 8. The highest BCUT2D eigenvalue weighted by molar-refractivity contribution is 5.80. The second kappa shape index (κ2) is 8.90. The molecule has 1 aromatic carbocycles. The summed E-state index contributed by atoms with van der Waals surface area (Å²) < 4.78 is 5.45. The second-order valence-corrected chi connectivity index (χ2v) is 7.18. The van der Waals surface area contributed by atoms with Crippen molar-refractivity contribution >= 4 is 5.96 Å². The highest BCUT2D eigenvalue weighted by Crippen LogP contribution is 2.28. The molecule has 1 aromatic heterocycles. The van der Waals surface area contributed by atoms with Crippen LogP contribution in [0.15, 0.2) is 52.1 Å². The summed E-state index contributed by atoms with van der Waals surface area (Å²) in [6.45, 7) is 7.60. The van der Waals surface area contributed by atoms with Crippen molar-refractivity contribution < 1.29 is 4.42 Å². The second-order valence-electron chi connectivity index (χ2n) is 7.18. The average molecular weight is 354 g/mol. The van der Waals surface area contributed by atoms with Gasteiger partial charge >= 0.3 is 0 Å². The Balaban J connectivity index is 1.62. The number of benzene rings is 1. The van der Waals surface area contributed by atoms with Crippen LogP contribution in [-0.4, -0.2) is 30.5 Å². The lowest BCUT2D eigenvalue weighted by molar-refractivity contribution is 0.287. The molecule has 0 aliphatic heterocycles. The fourth-order valence-electron chi connectivity index (χ4n) is 3.06. The zero-order chi connectivity index (χ0) is 18.4. The van der Waals surface area contributed by atoms with E-state index in [0.717, 1.165) is 37.3 Å². The van der Waals surface area contributed by atoms with E-state index < -0.39 is 0 Å². The van der Waals surface area contributed by atoms with Gasteiger partial charge in [-0.1, -0.05) is 31.2 Å². The van der Waals surface area contributed by atoms with Crippen molar-refractivity contribution in [2.24, 2.45) is 10.9 Å². The highest BCUT2D eigenvalue weighted by Gasteiger charge is 2.33. The Morgan fingerprint density at radius 3 is 2.62 bits per heavy atom. The summed E-state index contributed by atoms with van der Waals surface area (Å²) >= 11 is 0. The number of nitrogens with zero attached hydrogens (tertiary/aromatic N) is 2. The van der Waals surface area contributed by atoms with Gasteiger partial charge in [0.15, 0.2) is 5.96 Å². The van der Waals surface area contributed by atoms with E-state index in [-0.39, 0.29) is 0 Å². The van der Waals surface area contributed by atoms with Crippen molar-refractivity contribution in [2.45, 2.75) is 45.9 Å². The Morgan fingerprint density at radius 1 is 1.19 bits per heavy atom. The zero-order valence-electron chi connectivity index (χ0n) is 16.0. The maximum Gasteiger partial charge on any atom is 0.191 e. The van der Waals surface area contributed by atoms with Gasteiger partial charge in [-0.2, -0.15) is 0 Å². The summed E-state index contributed by atoms with van der Waals surface area (Å²) in [6.07, 6.45) is 2.96. The molecule has 2 N–H and O–H groups in total. The van der Waals surface area contributed by atoms with Crippen LogP contribution in [-0.2, 0) is 19.6 Å². The van der Waals surface area contributed by atoms with Crippen LogP contribution in [0.1, 0.15) is 37.2 Å². The SMILES string of the molecule is CCNC(=NCc1ccccc1CN(C)Cc1ccco1)NC1CC1C. The third kappa shape index (κ3) is 5.36. The largest absolute Gasteiger partial charge is 0.468 e. The van der Waals surface area contributed by atoms with Gasteiger partial charge in [0.2, 0.25) is 0 Å². The number of aliphatic imine (C=N–C) groups is 1. The molecule has 1 fully saturated rings. The fourth-order valence-corrected chi connectivity index (χ4v) is 3.06. The molecule has 0 amide bonds. The molecule has 26 heavy (non-hydrogen) atoms. The van der Waals surface area contributed by atoms with E-state index in [0.29, 0.717) is 12.6 Å². The average Bonchev–Trinajstić information content (AvgIpc) is 3.07. The molecule has 5 heteroatoms. The van der Waals surface area contributed by atoms with Crippen LogP contribution < -0.4 is 10.6 Å². The molecule has 3 rings (SSSR count). The highest BCUT2D eigenvalue weighted by atomic mass is 16.3. The Bertz CT molecular complexity index is 711. The molecule has 2 atom stereocenters. The monoisotopic (exact) mass is 354 g/mol. The van der Waals surface area contributed by atoms with E-state index in [1.807, 2.05) is 12.1 Å². The first-order valence-electron chi connectivity index (χ1n) is 9.48. The molecule has 1 saturated carbocycles. The molecule has 1 heterocycles. The topological polar surface area (TPSA) is 52.8 Å². The van der Waals surface area contributed by atoms with Crippen LogP contribution in [0.4, 0.5) is 0 Å². The summed E-state index contributed by atoms with van der Waals surface area (Å²) in [7, 11) is 2.11. The van der Waals surface area contributed by atoms with Gasteiger partial charge in [-0.3, -0.25) is 4.90 Å². The molecular weight excluding hydrogens is 324 g/mol. The Hall–Kier alpha value is -2.27. The standard InChI is InChI=1S/C21H30N4O/c1-4-22-21(24-20-12-16(20)2)23-13-17-8-5-6-9-18(17)14-25(3)15-19-10-7-11-26-19/h5-11,16,20H,4,12-15H2,1-3H3,(H2,22,23,24). The van der Waals surface area contributed by atoms with Gasteiger partial charge in [-0.25, -0.2) is 4.99 Å². The van der Waals surface area contributed by atoms with Gasteiger partial charge in [0, 0.05) is 19.1 Å². The number of hydrogen-bond acceptors (Lipinski definition) is 3. The summed E-state index contributed by atoms with van der Waals surface area (Å²) in [5, 5.41) is 6.87. The first kappa shape index (κ1) is 18.5. The molecule has 2 unspecified atom stereocenters. The van der Waals surface area contributed by atoms with Crippen LogP contribution in [0.2, 0.25) is 0 Å². The Kier molecular flexibility index (Phi) is 6.34. The van der Waals surface area contributed by atoms with Crippen LogP contribution in [0.3, 0.4) is 0 Å². The maximum absolute atomic E-state index is 5.45. The number of furan rings is 1. The maximum atomic E-state index is 5.45. The van der Waals surface area contributed by atoms with E-state index in [9.17, 15) is 0 Å². The van der Waals surface area contributed by atoms with Gasteiger partial charge in [0.05, 0.1) is 19.4 Å². The van der Waals surface area contributed by atoms with Gasteiger partial charge in [-0.05, 0) is 49.6 Å². The lowest BCUT2D eigenvalue weighted by Crippen LogP contribution is -2.39. The van der Waals surface area contributed by atoms with E-state index in [1.54, 1.807) is 6.26 Å². The van der Waals surface area contributed by atoms with Crippen molar-refractivity contribution in [2.75, 3.05) is 13.6 Å². The fraction of sp³-hybridized carbons (Fsp3) is 0.476. The van der Waals surface area contributed by atoms with Gasteiger partial charge < -0.3 is 15.1 Å². The number of nitrogens with one attached hydrogen (secondary N) is 2. The Morgan fingerprint density at radius 2 is 1.96 bits per heavy atom. The molecule has 1 aliphatic carbocycles. The van der Waals surface area contributed by atoms with Crippen molar-refractivity contribution in [3.63, 3.8) is 0 Å². The lowest BCUT2D eigenvalue weighted by atomic mass is 10.1. The van der Waals surface area contributed by atoms with Gasteiger partial charge in [-0.15, -0.1) is 0 Å². The summed E-state index contributed by atoms with van der Waals surface area (Å²) in [5.41, 5.74) is 2.57. The number of hydrogen-bond donors (Lipinski definition) is 2. The molecular formula is C21H30N4O. The van der Waals surface area contributed by atoms with E-state index in [4.69, 9.17) is 9.41 Å². The molecule has 0 saturated heterocycles. The van der Waals surface area contributed by atoms with Crippen LogP contribution >= 0.6 is 0 Å². The molecule has 5 nitrogen and oxygen atoms in total. The predicted octanol–water partition coefficient (Wildman–Crippen LogP) is 3.38.